The van der Waals surface area contributed by atoms with Crippen molar-refractivity contribution in [2.24, 2.45) is 0 Å². The maximum absolute atomic E-state index is 12.7. The summed E-state index contributed by atoms with van der Waals surface area (Å²) >= 11 is 0. The van der Waals surface area contributed by atoms with Gasteiger partial charge in [-0.1, -0.05) is 48.5 Å². The van der Waals surface area contributed by atoms with Crippen molar-refractivity contribution in [1.29, 1.82) is 0 Å². The summed E-state index contributed by atoms with van der Waals surface area (Å²) in [6.07, 6.45) is 5.45. The van der Waals surface area contributed by atoms with Crippen LogP contribution < -0.4 is 0 Å². The minimum Gasteiger partial charge on any atom is -0.462 e. The van der Waals surface area contributed by atoms with E-state index in [0.29, 0.717) is 24.5 Å². The fourth-order valence-corrected chi connectivity index (χ4v) is 2.91. The van der Waals surface area contributed by atoms with Crippen LogP contribution in [0.3, 0.4) is 0 Å². The van der Waals surface area contributed by atoms with Crippen LogP contribution in [0.4, 0.5) is 0 Å². The van der Waals surface area contributed by atoms with Crippen molar-refractivity contribution in [2.75, 3.05) is 6.61 Å². The highest BCUT2D eigenvalue weighted by Crippen LogP contribution is 2.21. The number of esters is 1. The zero-order valence-corrected chi connectivity index (χ0v) is 16.0. The van der Waals surface area contributed by atoms with E-state index in [9.17, 15) is 4.79 Å². The fraction of sp³-hybridized carbons (Fsp3) is 0.217. The van der Waals surface area contributed by atoms with Gasteiger partial charge in [0, 0.05) is 18.9 Å². The molecule has 0 bridgehead atoms. The molecule has 1 aromatic heterocycles. The van der Waals surface area contributed by atoms with Crippen LogP contribution in [0.2, 0.25) is 0 Å². The summed E-state index contributed by atoms with van der Waals surface area (Å²) in [5.74, 6) is 0.242. The van der Waals surface area contributed by atoms with Gasteiger partial charge in [-0.2, -0.15) is 0 Å². The lowest BCUT2D eigenvalue weighted by Crippen LogP contribution is -2.12. The first-order chi connectivity index (χ1) is 13.1. The molecule has 0 aliphatic rings. The summed E-state index contributed by atoms with van der Waals surface area (Å²) in [5.41, 5.74) is 4.96. The Hall–Kier alpha value is -3.14. The number of rotatable bonds is 6. The van der Waals surface area contributed by atoms with Gasteiger partial charge in [0.25, 0.3) is 0 Å². The van der Waals surface area contributed by atoms with Crippen molar-refractivity contribution in [3.63, 3.8) is 0 Å². The lowest BCUT2D eigenvalue weighted by molar-refractivity contribution is -0.136. The lowest BCUT2D eigenvalue weighted by atomic mass is 10.0. The Bertz CT molecular complexity index is 956. The van der Waals surface area contributed by atoms with Crippen molar-refractivity contribution >= 4 is 17.6 Å². The number of hydrogen-bond donors (Lipinski definition) is 0. The van der Waals surface area contributed by atoms with Gasteiger partial charge in [0.1, 0.15) is 11.4 Å². The molecule has 3 rings (SSSR count). The van der Waals surface area contributed by atoms with E-state index in [4.69, 9.17) is 4.74 Å². The third kappa shape index (κ3) is 4.53. The van der Waals surface area contributed by atoms with Crippen LogP contribution in [0, 0.1) is 13.8 Å². The predicted molar refractivity (Wildman–Crippen MR) is 108 cm³/mol. The molecule has 1 heterocycles. The number of carbonyl (C=O) groups excluding carboxylic acids is 1. The van der Waals surface area contributed by atoms with Crippen molar-refractivity contribution in [3.8, 4) is 0 Å². The minimum absolute atomic E-state index is 0.322. The molecule has 0 saturated carbocycles. The van der Waals surface area contributed by atoms with Crippen molar-refractivity contribution in [1.82, 2.24) is 9.55 Å². The van der Waals surface area contributed by atoms with Gasteiger partial charge in [0.2, 0.25) is 0 Å². The number of imidazole rings is 1. The molecule has 0 fully saturated rings. The molecule has 0 amide bonds. The molecule has 0 unspecified atom stereocenters. The van der Waals surface area contributed by atoms with Gasteiger partial charge >= 0.3 is 5.97 Å². The molecule has 27 heavy (non-hydrogen) atoms. The normalized spacial score (nSPS) is 11.4. The summed E-state index contributed by atoms with van der Waals surface area (Å²) in [6.45, 7) is 6.90. The van der Waals surface area contributed by atoms with Gasteiger partial charge in [-0.3, -0.25) is 0 Å². The number of aryl methyl sites for hydroxylation is 2. The van der Waals surface area contributed by atoms with Crippen LogP contribution in [0.15, 0.2) is 60.9 Å². The summed E-state index contributed by atoms with van der Waals surface area (Å²) in [4.78, 5) is 17.1. The standard InChI is InChI=1S/C23H24N2O2/c1-4-27-23(26)21(15-20-11-10-17(2)18(3)14-20)22-24-12-13-25(22)16-19-8-6-5-7-9-19/h5-15H,4,16H2,1-3H3/b21-15+. The lowest BCUT2D eigenvalue weighted by Gasteiger charge is -2.11. The Labute approximate surface area is 160 Å². The molecule has 4 nitrogen and oxygen atoms in total. The number of aromatic nitrogens is 2. The molecule has 0 N–H and O–H groups in total. The molecule has 0 aliphatic carbocycles. The van der Waals surface area contributed by atoms with Crippen LogP contribution in [-0.2, 0) is 16.1 Å². The first kappa shape index (κ1) is 18.6. The molecule has 2 aromatic carbocycles. The minimum atomic E-state index is -0.365. The van der Waals surface area contributed by atoms with Gasteiger partial charge in [-0.25, -0.2) is 9.78 Å². The van der Waals surface area contributed by atoms with Crippen molar-refractivity contribution < 1.29 is 9.53 Å². The monoisotopic (exact) mass is 360 g/mol. The first-order valence-electron chi connectivity index (χ1n) is 9.10. The number of benzene rings is 2. The average molecular weight is 360 g/mol. The first-order valence-corrected chi connectivity index (χ1v) is 9.10. The quantitative estimate of drug-likeness (QED) is 0.475. The highest BCUT2D eigenvalue weighted by atomic mass is 16.5. The maximum atomic E-state index is 12.7. The molecule has 3 aromatic rings. The Morgan fingerprint density at radius 1 is 1.11 bits per heavy atom. The molecular formula is C23H24N2O2. The highest BCUT2D eigenvalue weighted by Gasteiger charge is 2.19. The second-order valence-electron chi connectivity index (χ2n) is 6.49. The molecule has 0 saturated heterocycles. The van der Waals surface area contributed by atoms with E-state index < -0.39 is 0 Å². The topological polar surface area (TPSA) is 44.1 Å². The molecular weight excluding hydrogens is 336 g/mol. The largest absolute Gasteiger partial charge is 0.462 e. The van der Waals surface area contributed by atoms with E-state index in [0.717, 1.165) is 11.1 Å². The Morgan fingerprint density at radius 3 is 2.59 bits per heavy atom. The maximum Gasteiger partial charge on any atom is 0.341 e. The zero-order chi connectivity index (χ0) is 19.2. The predicted octanol–water partition coefficient (Wildman–Crippen LogP) is 4.65. The van der Waals surface area contributed by atoms with Crippen LogP contribution >= 0.6 is 0 Å². The number of nitrogens with zero attached hydrogens (tertiary/aromatic N) is 2. The second kappa shape index (κ2) is 8.49. The highest BCUT2D eigenvalue weighted by molar-refractivity contribution is 6.20. The van der Waals surface area contributed by atoms with Crippen LogP contribution in [-0.4, -0.2) is 22.1 Å². The van der Waals surface area contributed by atoms with Gasteiger partial charge in [0.15, 0.2) is 0 Å². The molecule has 138 valence electrons. The third-order valence-electron chi connectivity index (χ3n) is 4.49. The fourth-order valence-electron chi connectivity index (χ4n) is 2.91. The van der Waals surface area contributed by atoms with Gasteiger partial charge < -0.3 is 9.30 Å². The molecule has 0 spiro atoms. The smallest absolute Gasteiger partial charge is 0.341 e. The zero-order valence-electron chi connectivity index (χ0n) is 16.0. The van der Waals surface area contributed by atoms with Crippen molar-refractivity contribution in [3.05, 3.63) is 89.0 Å². The molecule has 0 atom stereocenters. The van der Waals surface area contributed by atoms with Gasteiger partial charge in [0.05, 0.1) is 6.61 Å². The number of hydrogen-bond acceptors (Lipinski definition) is 3. The van der Waals surface area contributed by atoms with E-state index in [1.807, 2.05) is 48.0 Å². The van der Waals surface area contributed by atoms with E-state index in [2.05, 4.69) is 43.1 Å². The van der Waals surface area contributed by atoms with Crippen LogP contribution in [0.1, 0.15) is 35.0 Å². The number of carbonyl (C=O) groups is 1. The summed E-state index contributed by atoms with van der Waals surface area (Å²) in [5, 5.41) is 0. The number of ether oxygens (including phenoxy) is 1. The van der Waals surface area contributed by atoms with Crippen LogP contribution in [0.5, 0.6) is 0 Å². The van der Waals surface area contributed by atoms with Gasteiger partial charge in [-0.15, -0.1) is 0 Å². The third-order valence-corrected chi connectivity index (χ3v) is 4.49. The van der Waals surface area contributed by atoms with E-state index in [1.54, 1.807) is 6.20 Å². The second-order valence-corrected chi connectivity index (χ2v) is 6.49. The van der Waals surface area contributed by atoms with Crippen LogP contribution in [0.25, 0.3) is 11.6 Å². The Balaban J connectivity index is 2.02. The SMILES string of the molecule is CCOC(=O)/C(=C/c1ccc(C)c(C)c1)c1nccn1Cc1ccccc1. The Kier molecular flexibility index (Phi) is 5.87. The van der Waals surface area contributed by atoms with Gasteiger partial charge in [-0.05, 0) is 49.1 Å². The Morgan fingerprint density at radius 2 is 1.89 bits per heavy atom. The summed E-state index contributed by atoms with van der Waals surface area (Å²) < 4.78 is 7.27. The molecule has 0 radical (unpaired) electrons. The van der Waals surface area contributed by atoms with Crippen molar-refractivity contribution in [2.45, 2.75) is 27.3 Å². The summed E-state index contributed by atoms with van der Waals surface area (Å²) in [7, 11) is 0. The van der Waals surface area contributed by atoms with E-state index in [-0.39, 0.29) is 5.97 Å². The molecule has 4 heteroatoms. The summed E-state index contributed by atoms with van der Waals surface area (Å²) in [6, 6.07) is 16.2. The van der Waals surface area contributed by atoms with E-state index in [1.165, 1.54) is 11.1 Å². The average Bonchev–Trinajstić information content (AvgIpc) is 3.11. The molecule has 0 aliphatic heterocycles. The van der Waals surface area contributed by atoms with E-state index >= 15 is 0 Å².